The summed E-state index contributed by atoms with van der Waals surface area (Å²) in [6.45, 7) is 7.77. The van der Waals surface area contributed by atoms with Crippen LogP contribution >= 0.6 is 0 Å². The number of hydrogen-bond acceptors (Lipinski definition) is 0. The minimum absolute atomic E-state index is 0.773. The quantitative estimate of drug-likeness (QED) is 0.488. The van der Waals surface area contributed by atoms with Crippen LogP contribution in [0.3, 0.4) is 0 Å². The molecule has 0 amide bonds. The maximum absolute atomic E-state index is 2.29. The molecule has 0 aliphatic carbocycles. The van der Waals surface area contributed by atoms with E-state index in [0.717, 1.165) is 6.04 Å². The average Bonchev–Trinajstić information content (AvgIpc) is 1.35. The Kier molecular flexibility index (Phi) is 3.14. The summed E-state index contributed by atoms with van der Waals surface area (Å²) in [7, 11) is 0. The monoisotopic (exact) mass is 88.1 g/mol. The fourth-order valence-corrected chi connectivity index (χ4v) is 0.471. The Hall–Kier alpha value is -0.0400. The van der Waals surface area contributed by atoms with Crippen molar-refractivity contribution in [3.05, 3.63) is 0 Å². The molecule has 0 unspecified atom stereocenters. The van der Waals surface area contributed by atoms with Gasteiger partial charge in [-0.25, -0.2) is 0 Å². The summed E-state index contributed by atoms with van der Waals surface area (Å²) < 4.78 is 0. The van der Waals surface area contributed by atoms with E-state index in [-0.39, 0.29) is 0 Å². The van der Waals surface area contributed by atoms with Gasteiger partial charge in [-0.1, -0.05) is 0 Å². The Morgan fingerprint density at radius 1 is 1.50 bits per heavy atom. The molecular formula is C5H14N+. The van der Waals surface area contributed by atoms with Crippen LogP contribution in [0.15, 0.2) is 0 Å². The van der Waals surface area contributed by atoms with Crippen LogP contribution in [0, 0.1) is 0 Å². The molecule has 0 saturated carbocycles. The molecule has 1 nitrogen and oxygen atoms in total. The maximum atomic E-state index is 2.29. The first-order chi connectivity index (χ1) is 2.77. The van der Waals surface area contributed by atoms with Gasteiger partial charge in [-0.05, 0) is 20.8 Å². The highest BCUT2D eigenvalue weighted by Crippen LogP contribution is 1.58. The highest BCUT2D eigenvalue weighted by Gasteiger charge is 1.86. The molecule has 0 aliphatic heterocycles. The molecule has 0 aromatic rings. The number of nitrogens with two attached hydrogens (primary N) is 1. The fourth-order valence-electron chi connectivity index (χ4n) is 0.471. The van der Waals surface area contributed by atoms with Crippen LogP contribution in [0.25, 0.3) is 0 Å². The molecule has 0 bridgehead atoms. The van der Waals surface area contributed by atoms with E-state index >= 15 is 0 Å². The molecule has 0 fully saturated rings. The molecule has 6 heavy (non-hydrogen) atoms. The van der Waals surface area contributed by atoms with Gasteiger partial charge in [0.2, 0.25) is 0 Å². The summed E-state index contributed by atoms with van der Waals surface area (Å²) in [5, 5.41) is 2.29. The van der Waals surface area contributed by atoms with E-state index in [4.69, 9.17) is 0 Å². The Bertz CT molecular complexity index is 25.1. The van der Waals surface area contributed by atoms with E-state index in [0.29, 0.717) is 0 Å². The van der Waals surface area contributed by atoms with Crippen LogP contribution in [-0.2, 0) is 0 Å². The topological polar surface area (TPSA) is 16.6 Å². The largest absolute Gasteiger partial charge is 0.345 e. The predicted octanol–water partition coefficient (Wildman–Crippen LogP) is -0.0219. The molecule has 2 N–H and O–H groups in total. The van der Waals surface area contributed by atoms with Crippen LogP contribution < -0.4 is 5.32 Å². The highest BCUT2D eigenvalue weighted by molar-refractivity contribution is 4.22. The van der Waals surface area contributed by atoms with Crippen molar-refractivity contribution in [2.75, 3.05) is 6.54 Å². The van der Waals surface area contributed by atoms with E-state index in [1.807, 2.05) is 0 Å². The Morgan fingerprint density at radius 2 is 2.00 bits per heavy atom. The second kappa shape index (κ2) is 3.16. The van der Waals surface area contributed by atoms with Gasteiger partial charge in [0.15, 0.2) is 0 Å². The van der Waals surface area contributed by atoms with Crippen LogP contribution in [0.1, 0.15) is 20.8 Å². The predicted molar refractivity (Wildman–Crippen MR) is 27.6 cm³/mol. The number of rotatable bonds is 2. The molecule has 0 radical (unpaired) electrons. The zero-order valence-electron chi connectivity index (χ0n) is 4.86. The molecule has 0 heterocycles. The standard InChI is InChI=1S/C5H13N/c1-4-6-5(2)3/h5-6H,4H2,1-3H3/p+1. The van der Waals surface area contributed by atoms with Gasteiger partial charge in [0.25, 0.3) is 0 Å². The van der Waals surface area contributed by atoms with Crippen molar-refractivity contribution < 1.29 is 5.32 Å². The minimum atomic E-state index is 0.773. The van der Waals surface area contributed by atoms with Crippen molar-refractivity contribution >= 4 is 0 Å². The lowest BCUT2D eigenvalue weighted by atomic mass is 10.4. The molecule has 0 rings (SSSR count). The Balaban J connectivity index is 2.63. The first-order valence-electron chi connectivity index (χ1n) is 2.60. The van der Waals surface area contributed by atoms with Gasteiger partial charge >= 0.3 is 0 Å². The molecular weight excluding hydrogens is 74.1 g/mol. The van der Waals surface area contributed by atoms with E-state index in [2.05, 4.69) is 26.1 Å². The first-order valence-corrected chi connectivity index (χ1v) is 2.60. The molecule has 0 aromatic carbocycles. The van der Waals surface area contributed by atoms with Gasteiger partial charge in [0.05, 0.1) is 12.6 Å². The third-order valence-electron chi connectivity index (χ3n) is 0.707. The van der Waals surface area contributed by atoms with Crippen molar-refractivity contribution in [3.8, 4) is 0 Å². The zero-order valence-corrected chi connectivity index (χ0v) is 4.86. The second-order valence-corrected chi connectivity index (χ2v) is 1.89. The van der Waals surface area contributed by atoms with Gasteiger partial charge < -0.3 is 5.32 Å². The number of quaternary nitrogens is 1. The van der Waals surface area contributed by atoms with Crippen molar-refractivity contribution in [3.63, 3.8) is 0 Å². The Labute approximate surface area is 39.7 Å². The molecule has 0 aromatic heterocycles. The van der Waals surface area contributed by atoms with E-state index < -0.39 is 0 Å². The lowest BCUT2D eigenvalue weighted by Gasteiger charge is -1.97. The third kappa shape index (κ3) is 3.96. The molecule has 0 spiro atoms. The van der Waals surface area contributed by atoms with Gasteiger partial charge in [-0.15, -0.1) is 0 Å². The van der Waals surface area contributed by atoms with Crippen LogP contribution in [0.2, 0.25) is 0 Å². The molecule has 0 atom stereocenters. The summed E-state index contributed by atoms with van der Waals surface area (Å²) >= 11 is 0. The maximum Gasteiger partial charge on any atom is 0.0801 e. The first kappa shape index (κ1) is 5.96. The van der Waals surface area contributed by atoms with E-state index in [9.17, 15) is 0 Å². The van der Waals surface area contributed by atoms with Gasteiger partial charge in [0.1, 0.15) is 0 Å². The van der Waals surface area contributed by atoms with E-state index in [1.165, 1.54) is 6.54 Å². The SMILES string of the molecule is CC[NH2+]C(C)C. The van der Waals surface area contributed by atoms with Crippen molar-refractivity contribution in [1.82, 2.24) is 0 Å². The van der Waals surface area contributed by atoms with Gasteiger partial charge in [0, 0.05) is 0 Å². The normalized spacial score (nSPS) is 10.0. The third-order valence-corrected chi connectivity index (χ3v) is 0.707. The fraction of sp³-hybridized carbons (Fsp3) is 1.00. The average molecular weight is 88.2 g/mol. The van der Waals surface area contributed by atoms with E-state index in [1.54, 1.807) is 0 Å². The smallest absolute Gasteiger partial charge is 0.0801 e. The number of hydrogen-bond donors (Lipinski definition) is 1. The van der Waals surface area contributed by atoms with Crippen molar-refractivity contribution in [1.29, 1.82) is 0 Å². The molecule has 1 heteroatoms. The highest BCUT2D eigenvalue weighted by atomic mass is 14.9. The summed E-state index contributed by atoms with van der Waals surface area (Å²) in [5.74, 6) is 0. The second-order valence-electron chi connectivity index (χ2n) is 1.89. The van der Waals surface area contributed by atoms with Crippen LogP contribution in [-0.4, -0.2) is 12.6 Å². The zero-order chi connectivity index (χ0) is 4.99. The molecule has 0 aliphatic rings. The summed E-state index contributed by atoms with van der Waals surface area (Å²) in [4.78, 5) is 0. The van der Waals surface area contributed by atoms with Crippen LogP contribution in [0.5, 0.6) is 0 Å². The van der Waals surface area contributed by atoms with Crippen LogP contribution in [0.4, 0.5) is 0 Å². The molecule has 0 saturated heterocycles. The Morgan fingerprint density at radius 3 is 2.00 bits per heavy atom. The van der Waals surface area contributed by atoms with Crippen molar-refractivity contribution in [2.24, 2.45) is 0 Å². The summed E-state index contributed by atoms with van der Waals surface area (Å²) in [5.41, 5.74) is 0. The van der Waals surface area contributed by atoms with Gasteiger partial charge in [-0.3, -0.25) is 0 Å². The molecule has 38 valence electrons. The minimum Gasteiger partial charge on any atom is -0.345 e. The lowest BCUT2D eigenvalue weighted by Crippen LogP contribution is -2.87. The van der Waals surface area contributed by atoms with Crippen molar-refractivity contribution in [2.45, 2.75) is 26.8 Å². The van der Waals surface area contributed by atoms with Gasteiger partial charge in [-0.2, -0.15) is 0 Å². The summed E-state index contributed by atoms with van der Waals surface area (Å²) in [6.07, 6.45) is 0. The summed E-state index contributed by atoms with van der Waals surface area (Å²) in [6, 6.07) is 0.773. The lowest BCUT2D eigenvalue weighted by molar-refractivity contribution is -0.679.